The molecule has 0 radical (unpaired) electrons. The number of aryl methyl sites for hydroxylation is 3. The standard InChI is InChI=1S/C16H15BrO/c1-10-8-11(2)15(12(3)9-10)16(18)13-6-4-5-7-14(13)17/h4-9H,1-3H3. The molecule has 0 spiro atoms. The van der Waals surface area contributed by atoms with Crippen molar-refractivity contribution in [3.63, 3.8) is 0 Å². The molecule has 0 bridgehead atoms. The van der Waals surface area contributed by atoms with Crippen LogP contribution in [0.1, 0.15) is 32.6 Å². The zero-order valence-corrected chi connectivity index (χ0v) is 12.3. The Hall–Kier alpha value is -1.41. The van der Waals surface area contributed by atoms with Crippen LogP contribution in [0.2, 0.25) is 0 Å². The third-order valence-electron chi connectivity index (χ3n) is 3.02. The first kappa shape index (κ1) is 13.0. The van der Waals surface area contributed by atoms with Crippen LogP contribution in [-0.2, 0) is 0 Å². The van der Waals surface area contributed by atoms with Gasteiger partial charge in [0.05, 0.1) is 0 Å². The van der Waals surface area contributed by atoms with E-state index < -0.39 is 0 Å². The molecule has 0 saturated carbocycles. The quantitative estimate of drug-likeness (QED) is 0.741. The van der Waals surface area contributed by atoms with Gasteiger partial charge in [0.2, 0.25) is 0 Å². The van der Waals surface area contributed by atoms with E-state index in [4.69, 9.17) is 0 Å². The molecule has 0 unspecified atom stereocenters. The lowest BCUT2D eigenvalue weighted by molar-refractivity contribution is 0.103. The zero-order valence-electron chi connectivity index (χ0n) is 10.8. The minimum absolute atomic E-state index is 0.0810. The molecule has 0 aliphatic rings. The summed E-state index contributed by atoms with van der Waals surface area (Å²) < 4.78 is 0.842. The number of hydrogen-bond acceptors (Lipinski definition) is 1. The van der Waals surface area contributed by atoms with Crippen molar-refractivity contribution in [1.29, 1.82) is 0 Å². The third-order valence-corrected chi connectivity index (χ3v) is 3.71. The largest absolute Gasteiger partial charge is 0.289 e. The van der Waals surface area contributed by atoms with Crippen LogP contribution < -0.4 is 0 Å². The van der Waals surface area contributed by atoms with Crippen molar-refractivity contribution >= 4 is 21.7 Å². The molecule has 1 nitrogen and oxygen atoms in total. The summed E-state index contributed by atoms with van der Waals surface area (Å²) >= 11 is 3.44. The van der Waals surface area contributed by atoms with Crippen LogP contribution in [0.15, 0.2) is 40.9 Å². The molecule has 92 valence electrons. The summed E-state index contributed by atoms with van der Waals surface area (Å²) in [6.07, 6.45) is 0. The predicted octanol–water partition coefficient (Wildman–Crippen LogP) is 4.61. The van der Waals surface area contributed by atoms with Gasteiger partial charge in [-0.2, -0.15) is 0 Å². The van der Waals surface area contributed by atoms with Crippen molar-refractivity contribution in [3.8, 4) is 0 Å². The molecule has 0 aromatic heterocycles. The van der Waals surface area contributed by atoms with Crippen LogP contribution >= 0.6 is 15.9 Å². The topological polar surface area (TPSA) is 17.1 Å². The summed E-state index contributed by atoms with van der Waals surface area (Å²) in [6.45, 7) is 6.03. The molecule has 0 amide bonds. The van der Waals surface area contributed by atoms with Crippen LogP contribution in [0.3, 0.4) is 0 Å². The average molecular weight is 303 g/mol. The molecule has 2 aromatic carbocycles. The Morgan fingerprint density at radius 2 is 1.56 bits per heavy atom. The van der Waals surface area contributed by atoms with E-state index in [0.29, 0.717) is 5.56 Å². The molecule has 2 heteroatoms. The lowest BCUT2D eigenvalue weighted by Gasteiger charge is -2.11. The average Bonchev–Trinajstić information content (AvgIpc) is 2.27. The number of hydrogen-bond donors (Lipinski definition) is 0. The third kappa shape index (κ3) is 2.39. The van der Waals surface area contributed by atoms with E-state index in [1.54, 1.807) is 0 Å². The minimum atomic E-state index is 0.0810. The fraction of sp³-hybridized carbons (Fsp3) is 0.188. The predicted molar refractivity (Wildman–Crippen MR) is 78.2 cm³/mol. The molecule has 18 heavy (non-hydrogen) atoms. The number of halogens is 1. The summed E-state index contributed by atoms with van der Waals surface area (Å²) in [5.74, 6) is 0.0810. The maximum absolute atomic E-state index is 12.6. The van der Waals surface area contributed by atoms with Gasteiger partial charge in [-0.1, -0.05) is 45.8 Å². The number of carbonyl (C=O) groups excluding carboxylic acids is 1. The van der Waals surface area contributed by atoms with Gasteiger partial charge in [-0.3, -0.25) is 4.79 Å². The van der Waals surface area contributed by atoms with E-state index in [1.165, 1.54) is 5.56 Å². The van der Waals surface area contributed by atoms with Crippen molar-refractivity contribution in [2.24, 2.45) is 0 Å². The summed E-state index contributed by atoms with van der Waals surface area (Å²) in [5.41, 5.74) is 4.79. The van der Waals surface area contributed by atoms with Crippen LogP contribution in [0, 0.1) is 20.8 Å². The van der Waals surface area contributed by atoms with Crippen LogP contribution in [0.25, 0.3) is 0 Å². The molecule has 0 saturated heterocycles. The first-order valence-electron chi connectivity index (χ1n) is 5.88. The van der Waals surface area contributed by atoms with Gasteiger partial charge in [0.15, 0.2) is 5.78 Å². The van der Waals surface area contributed by atoms with Gasteiger partial charge in [0.1, 0.15) is 0 Å². The smallest absolute Gasteiger partial charge is 0.194 e. The molecule has 0 aliphatic carbocycles. The Morgan fingerprint density at radius 3 is 2.11 bits per heavy atom. The van der Waals surface area contributed by atoms with Crippen LogP contribution in [0.5, 0.6) is 0 Å². The van der Waals surface area contributed by atoms with E-state index in [-0.39, 0.29) is 5.78 Å². The van der Waals surface area contributed by atoms with Gasteiger partial charge in [0, 0.05) is 15.6 Å². The maximum atomic E-state index is 12.6. The highest BCUT2D eigenvalue weighted by molar-refractivity contribution is 9.10. The van der Waals surface area contributed by atoms with Crippen LogP contribution in [0.4, 0.5) is 0 Å². The summed E-state index contributed by atoms with van der Waals surface area (Å²) in [6, 6.07) is 11.7. The van der Waals surface area contributed by atoms with Crippen LogP contribution in [-0.4, -0.2) is 5.78 Å². The second kappa shape index (κ2) is 5.07. The summed E-state index contributed by atoms with van der Waals surface area (Å²) in [4.78, 5) is 12.6. The number of rotatable bonds is 2. The number of ketones is 1. The second-order valence-electron chi connectivity index (χ2n) is 4.58. The zero-order chi connectivity index (χ0) is 13.3. The van der Waals surface area contributed by atoms with Gasteiger partial charge >= 0.3 is 0 Å². The van der Waals surface area contributed by atoms with Crippen molar-refractivity contribution in [2.75, 3.05) is 0 Å². The summed E-state index contributed by atoms with van der Waals surface area (Å²) in [7, 11) is 0. The Labute approximate surface area is 116 Å². The SMILES string of the molecule is Cc1cc(C)c(C(=O)c2ccccc2Br)c(C)c1. The van der Waals surface area contributed by atoms with E-state index in [1.807, 2.05) is 45.0 Å². The van der Waals surface area contributed by atoms with Gasteiger partial charge in [-0.15, -0.1) is 0 Å². The fourth-order valence-electron chi connectivity index (χ4n) is 2.32. The van der Waals surface area contributed by atoms with E-state index >= 15 is 0 Å². The van der Waals surface area contributed by atoms with E-state index in [2.05, 4.69) is 28.1 Å². The Morgan fingerprint density at radius 1 is 1.00 bits per heavy atom. The monoisotopic (exact) mass is 302 g/mol. The molecule has 0 N–H and O–H groups in total. The summed E-state index contributed by atoms with van der Waals surface area (Å²) in [5, 5.41) is 0. The molecule has 0 aliphatic heterocycles. The second-order valence-corrected chi connectivity index (χ2v) is 5.44. The van der Waals surface area contributed by atoms with Gasteiger partial charge in [-0.05, 0) is 44.0 Å². The maximum Gasteiger partial charge on any atom is 0.194 e. The first-order chi connectivity index (χ1) is 8.50. The van der Waals surface area contributed by atoms with Gasteiger partial charge in [-0.25, -0.2) is 0 Å². The molecule has 0 fully saturated rings. The Balaban J connectivity index is 2.57. The fourth-order valence-corrected chi connectivity index (χ4v) is 2.78. The Kier molecular flexibility index (Phi) is 3.67. The van der Waals surface area contributed by atoms with Crippen molar-refractivity contribution in [1.82, 2.24) is 0 Å². The molecular weight excluding hydrogens is 288 g/mol. The normalized spacial score (nSPS) is 10.4. The van der Waals surface area contributed by atoms with Gasteiger partial charge in [0.25, 0.3) is 0 Å². The lowest BCUT2D eigenvalue weighted by atomic mass is 9.93. The molecule has 0 heterocycles. The van der Waals surface area contributed by atoms with E-state index in [0.717, 1.165) is 21.2 Å². The number of carbonyl (C=O) groups is 1. The first-order valence-corrected chi connectivity index (χ1v) is 6.67. The highest BCUT2D eigenvalue weighted by Crippen LogP contribution is 2.24. The number of benzene rings is 2. The highest BCUT2D eigenvalue weighted by atomic mass is 79.9. The lowest BCUT2D eigenvalue weighted by Crippen LogP contribution is -2.07. The van der Waals surface area contributed by atoms with E-state index in [9.17, 15) is 4.79 Å². The molecule has 0 atom stereocenters. The molecule has 2 aromatic rings. The molecular formula is C16H15BrO. The van der Waals surface area contributed by atoms with Crippen molar-refractivity contribution < 1.29 is 4.79 Å². The minimum Gasteiger partial charge on any atom is -0.289 e. The van der Waals surface area contributed by atoms with Crippen molar-refractivity contribution in [3.05, 3.63) is 68.7 Å². The van der Waals surface area contributed by atoms with Gasteiger partial charge < -0.3 is 0 Å². The van der Waals surface area contributed by atoms with Crippen molar-refractivity contribution in [2.45, 2.75) is 20.8 Å². The highest BCUT2D eigenvalue weighted by Gasteiger charge is 2.16. The molecule has 2 rings (SSSR count). The Bertz CT molecular complexity index is 591.